The van der Waals surface area contributed by atoms with E-state index >= 15 is 0 Å². The van der Waals surface area contributed by atoms with Gasteiger partial charge in [0.15, 0.2) is 0 Å². The number of rotatable bonds is 3. The number of carbonyl (C=O) groups excluding carboxylic acids is 1. The molecule has 70 valence electrons. The first-order valence-corrected chi connectivity index (χ1v) is 5.58. The molecule has 0 N–H and O–H groups in total. The highest BCUT2D eigenvalue weighted by molar-refractivity contribution is 14.1. The van der Waals surface area contributed by atoms with Gasteiger partial charge in [-0.15, -0.1) is 0 Å². The fourth-order valence-corrected chi connectivity index (χ4v) is 1.84. The van der Waals surface area contributed by atoms with Crippen molar-refractivity contribution in [2.45, 2.75) is 26.7 Å². The van der Waals surface area contributed by atoms with Crippen molar-refractivity contribution < 1.29 is 4.79 Å². The SMILES string of the molecule is CCc1ccc(CC)c(C(=O)I)c1. The quantitative estimate of drug-likeness (QED) is 0.615. The molecule has 1 nitrogen and oxygen atoms in total. The Hall–Kier alpha value is -0.380. The van der Waals surface area contributed by atoms with E-state index in [4.69, 9.17) is 0 Å². The smallest absolute Gasteiger partial charge is 0.222 e. The molecule has 13 heavy (non-hydrogen) atoms. The van der Waals surface area contributed by atoms with Crippen molar-refractivity contribution in [2.24, 2.45) is 0 Å². The second kappa shape index (κ2) is 4.74. The molecule has 0 spiro atoms. The summed E-state index contributed by atoms with van der Waals surface area (Å²) in [5, 5.41) is 0. The maximum absolute atomic E-state index is 11.3. The molecule has 0 radical (unpaired) electrons. The van der Waals surface area contributed by atoms with Crippen molar-refractivity contribution >= 4 is 26.4 Å². The lowest BCUT2D eigenvalue weighted by Gasteiger charge is -2.05. The Balaban J connectivity index is 3.18. The number of aryl methyl sites for hydroxylation is 2. The lowest BCUT2D eigenvalue weighted by molar-refractivity contribution is 0.110. The lowest BCUT2D eigenvalue weighted by Crippen LogP contribution is -1.97. The average molecular weight is 288 g/mol. The molecule has 0 fully saturated rings. The van der Waals surface area contributed by atoms with Crippen LogP contribution >= 0.6 is 22.6 Å². The highest BCUT2D eigenvalue weighted by Crippen LogP contribution is 2.16. The monoisotopic (exact) mass is 288 g/mol. The van der Waals surface area contributed by atoms with Crippen LogP contribution < -0.4 is 0 Å². The summed E-state index contributed by atoms with van der Waals surface area (Å²) in [6, 6.07) is 6.17. The first-order chi connectivity index (χ1) is 6.19. The summed E-state index contributed by atoms with van der Waals surface area (Å²) in [7, 11) is 0. The maximum Gasteiger partial charge on any atom is 0.222 e. The Morgan fingerprint density at radius 1 is 1.31 bits per heavy atom. The van der Waals surface area contributed by atoms with Crippen molar-refractivity contribution in [2.75, 3.05) is 0 Å². The molecule has 2 heteroatoms. The van der Waals surface area contributed by atoms with Crippen LogP contribution in [0.5, 0.6) is 0 Å². The molecule has 1 rings (SSSR count). The van der Waals surface area contributed by atoms with Gasteiger partial charge in [0, 0.05) is 28.2 Å². The Labute approximate surface area is 92.7 Å². The van der Waals surface area contributed by atoms with E-state index in [0.29, 0.717) is 0 Å². The van der Waals surface area contributed by atoms with E-state index in [1.807, 2.05) is 28.7 Å². The van der Waals surface area contributed by atoms with Gasteiger partial charge < -0.3 is 0 Å². The van der Waals surface area contributed by atoms with Gasteiger partial charge in [0.2, 0.25) is 3.79 Å². The van der Waals surface area contributed by atoms with Gasteiger partial charge in [0.1, 0.15) is 0 Å². The van der Waals surface area contributed by atoms with Crippen LogP contribution in [0.15, 0.2) is 18.2 Å². The molecule has 0 saturated carbocycles. The number of carbonyl (C=O) groups is 1. The van der Waals surface area contributed by atoms with Crippen molar-refractivity contribution in [3.63, 3.8) is 0 Å². The topological polar surface area (TPSA) is 17.1 Å². The number of hydrogen-bond donors (Lipinski definition) is 0. The molecule has 0 saturated heterocycles. The Morgan fingerprint density at radius 3 is 2.46 bits per heavy atom. The molecule has 1 aromatic rings. The van der Waals surface area contributed by atoms with Crippen LogP contribution in [0.1, 0.15) is 35.3 Å². The van der Waals surface area contributed by atoms with Gasteiger partial charge in [-0.05, 0) is 30.0 Å². The predicted molar refractivity (Wildman–Crippen MR) is 63.5 cm³/mol. The summed E-state index contributed by atoms with van der Waals surface area (Å²) < 4.78 is 0.143. The van der Waals surface area contributed by atoms with Crippen LogP contribution in [0.4, 0.5) is 0 Å². The van der Waals surface area contributed by atoms with Crippen LogP contribution in [0, 0.1) is 0 Å². The summed E-state index contributed by atoms with van der Waals surface area (Å²) in [5.41, 5.74) is 3.26. The number of hydrogen-bond acceptors (Lipinski definition) is 1. The minimum atomic E-state index is 0.143. The molecular weight excluding hydrogens is 275 g/mol. The summed E-state index contributed by atoms with van der Waals surface area (Å²) in [6.45, 7) is 4.17. The zero-order valence-corrected chi connectivity index (χ0v) is 10.1. The molecule has 0 unspecified atom stereocenters. The molecule has 0 heterocycles. The molecular formula is C11H13IO. The zero-order chi connectivity index (χ0) is 9.84. The Bertz CT molecular complexity index is 318. The van der Waals surface area contributed by atoms with Crippen molar-refractivity contribution in [3.8, 4) is 0 Å². The van der Waals surface area contributed by atoms with Gasteiger partial charge >= 0.3 is 0 Å². The third kappa shape index (κ3) is 2.53. The predicted octanol–water partition coefficient (Wildman–Crippen LogP) is 3.39. The van der Waals surface area contributed by atoms with Crippen LogP contribution in [-0.4, -0.2) is 3.79 Å². The van der Waals surface area contributed by atoms with E-state index in [1.54, 1.807) is 0 Å². The molecule has 1 aromatic carbocycles. The summed E-state index contributed by atoms with van der Waals surface area (Å²) in [5.74, 6) is 0. The van der Waals surface area contributed by atoms with E-state index in [2.05, 4.69) is 26.0 Å². The fourth-order valence-electron chi connectivity index (χ4n) is 1.33. The van der Waals surface area contributed by atoms with Crippen LogP contribution in [0.25, 0.3) is 0 Å². The Morgan fingerprint density at radius 2 is 2.00 bits per heavy atom. The molecule has 0 aliphatic carbocycles. The van der Waals surface area contributed by atoms with E-state index in [0.717, 1.165) is 24.0 Å². The van der Waals surface area contributed by atoms with Crippen molar-refractivity contribution in [1.29, 1.82) is 0 Å². The van der Waals surface area contributed by atoms with Gasteiger partial charge in [-0.25, -0.2) is 0 Å². The van der Waals surface area contributed by atoms with Gasteiger partial charge in [-0.3, -0.25) is 4.79 Å². The largest absolute Gasteiger partial charge is 0.282 e. The third-order valence-corrected chi connectivity index (χ3v) is 2.76. The van der Waals surface area contributed by atoms with Crippen LogP contribution in [-0.2, 0) is 12.8 Å². The molecule has 0 aliphatic heterocycles. The second-order valence-corrected chi connectivity index (χ2v) is 3.95. The minimum absolute atomic E-state index is 0.143. The second-order valence-electron chi connectivity index (χ2n) is 2.97. The number of halogens is 1. The molecule has 0 amide bonds. The minimum Gasteiger partial charge on any atom is -0.282 e. The van der Waals surface area contributed by atoms with Gasteiger partial charge in [0.25, 0.3) is 0 Å². The highest BCUT2D eigenvalue weighted by Gasteiger charge is 2.07. The Kier molecular flexibility index (Phi) is 3.90. The molecule has 0 aromatic heterocycles. The van der Waals surface area contributed by atoms with E-state index in [1.165, 1.54) is 5.56 Å². The van der Waals surface area contributed by atoms with Crippen molar-refractivity contribution in [3.05, 3.63) is 34.9 Å². The molecule has 0 aliphatic rings. The fraction of sp³-hybridized carbons (Fsp3) is 0.364. The highest BCUT2D eigenvalue weighted by atomic mass is 127. The summed E-state index contributed by atoms with van der Waals surface area (Å²) in [4.78, 5) is 11.3. The van der Waals surface area contributed by atoms with E-state index in [9.17, 15) is 4.79 Å². The first kappa shape index (κ1) is 10.7. The van der Waals surface area contributed by atoms with Gasteiger partial charge in [-0.2, -0.15) is 0 Å². The first-order valence-electron chi connectivity index (χ1n) is 4.50. The van der Waals surface area contributed by atoms with Crippen LogP contribution in [0.3, 0.4) is 0 Å². The lowest BCUT2D eigenvalue weighted by atomic mass is 10.0. The summed E-state index contributed by atoms with van der Waals surface area (Å²) in [6.07, 6.45) is 1.91. The summed E-state index contributed by atoms with van der Waals surface area (Å²) >= 11 is 1.85. The zero-order valence-electron chi connectivity index (χ0n) is 7.93. The standard InChI is InChI=1S/C11H13IO/c1-3-8-5-6-9(4-2)10(7-8)11(12)13/h5-7H,3-4H2,1-2H3. The number of benzene rings is 1. The van der Waals surface area contributed by atoms with E-state index < -0.39 is 0 Å². The van der Waals surface area contributed by atoms with Gasteiger partial charge in [0.05, 0.1) is 0 Å². The average Bonchev–Trinajstić information content (AvgIpc) is 2.16. The molecule has 0 bridgehead atoms. The maximum atomic E-state index is 11.3. The van der Waals surface area contributed by atoms with Gasteiger partial charge in [-0.1, -0.05) is 26.0 Å². The van der Waals surface area contributed by atoms with E-state index in [-0.39, 0.29) is 3.79 Å². The normalized spacial score (nSPS) is 10.1. The van der Waals surface area contributed by atoms with Crippen molar-refractivity contribution in [1.82, 2.24) is 0 Å². The third-order valence-electron chi connectivity index (χ3n) is 2.18. The molecule has 0 atom stereocenters. The van der Waals surface area contributed by atoms with Crippen LogP contribution in [0.2, 0.25) is 0 Å².